The molecule has 0 aliphatic heterocycles. The molecule has 8 atom stereocenters. The zero-order chi connectivity index (χ0) is 44.4. The third-order valence-corrected chi connectivity index (χ3v) is 12.2. The van der Waals surface area contributed by atoms with Crippen LogP contribution in [0.3, 0.4) is 0 Å². The highest BCUT2D eigenvalue weighted by molar-refractivity contribution is 7.47. The van der Waals surface area contributed by atoms with Gasteiger partial charge in [0.15, 0.2) is 0 Å². The summed E-state index contributed by atoms with van der Waals surface area (Å²) in [5, 5.41) is 74.4. The molecule has 1 fully saturated rings. The molecule has 8 unspecified atom stereocenters. The highest BCUT2D eigenvalue weighted by Crippen LogP contribution is 2.47. The van der Waals surface area contributed by atoms with Crippen molar-refractivity contribution in [1.82, 2.24) is 5.32 Å². The second kappa shape index (κ2) is 35.9. The molecule has 1 rings (SSSR count). The zero-order valence-corrected chi connectivity index (χ0v) is 38.0. The van der Waals surface area contributed by atoms with Crippen molar-refractivity contribution in [2.75, 3.05) is 6.61 Å². The molecule has 14 heteroatoms. The van der Waals surface area contributed by atoms with Gasteiger partial charge in [-0.15, -0.1) is 0 Å². The van der Waals surface area contributed by atoms with Gasteiger partial charge in [-0.25, -0.2) is 4.57 Å². The van der Waals surface area contributed by atoms with E-state index in [9.17, 15) is 50.0 Å². The van der Waals surface area contributed by atoms with E-state index in [0.29, 0.717) is 12.8 Å². The summed E-state index contributed by atoms with van der Waals surface area (Å²) in [6.07, 6.45) is 26.6. The first-order valence-electron chi connectivity index (χ1n) is 23.5. The fourth-order valence-electron chi connectivity index (χ4n) is 7.31. The summed E-state index contributed by atoms with van der Waals surface area (Å²) in [5.41, 5.74) is 0. The minimum Gasteiger partial charge on any atom is -0.393 e. The molecule has 13 nitrogen and oxygen atoms in total. The zero-order valence-electron chi connectivity index (χ0n) is 37.1. The highest BCUT2D eigenvalue weighted by Gasteiger charge is 2.51. The Morgan fingerprint density at radius 2 is 0.983 bits per heavy atom. The second-order valence-corrected chi connectivity index (χ2v) is 18.2. The van der Waals surface area contributed by atoms with Crippen LogP contribution in [0.1, 0.15) is 187 Å². The maximum absolute atomic E-state index is 13.0. The summed E-state index contributed by atoms with van der Waals surface area (Å²) in [6, 6.07) is -1.26. The molecular formula is C46H86NO12P. The predicted molar refractivity (Wildman–Crippen MR) is 238 cm³/mol. The average Bonchev–Trinajstić information content (AvgIpc) is 3.22. The summed E-state index contributed by atoms with van der Waals surface area (Å²) >= 11 is 0. The molecule has 60 heavy (non-hydrogen) atoms. The van der Waals surface area contributed by atoms with Crippen molar-refractivity contribution in [3.05, 3.63) is 36.5 Å². The first-order valence-corrected chi connectivity index (χ1v) is 25.0. The molecule has 0 aromatic heterocycles. The van der Waals surface area contributed by atoms with Crippen molar-refractivity contribution >= 4 is 13.7 Å². The van der Waals surface area contributed by atoms with E-state index in [4.69, 9.17) is 9.05 Å². The van der Waals surface area contributed by atoms with Gasteiger partial charge >= 0.3 is 7.82 Å². The van der Waals surface area contributed by atoms with Gasteiger partial charge in [-0.2, -0.15) is 0 Å². The lowest BCUT2D eigenvalue weighted by atomic mass is 9.85. The second-order valence-electron chi connectivity index (χ2n) is 16.8. The Bertz CT molecular complexity index is 1170. The van der Waals surface area contributed by atoms with Crippen LogP contribution in [-0.2, 0) is 18.4 Å². The van der Waals surface area contributed by atoms with Gasteiger partial charge in [0.2, 0.25) is 5.91 Å². The maximum atomic E-state index is 13.0. The molecule has 0 aromatic rings. The van der Waals surface area contributed by atoms with Gasteiger partial charge in [-0.05, 0) is 57.8 Å². The maximum Gasteiger partial charge on any atom is 0.472 e. The van der Waals surface area contributed by atoms with E-state index in [2.05, 4.69) is 43.5 Å². The molecule has 0 spiro atoms. The number of unbranched alkanes of at least 4 members (excludes halogenated alkanes) is 21. The van der Waals surface area contributed by atoms with Crippen LogP contribution >= 0.6 is 7.82 Å². The topological polar surface area (TPSA) is 226 Å². The van der Waals surface area contributed by atoms with Crippen LogP contribution in [0, 0.1) is 0 Å². The fourth-order valence-corrected chi connectivity index (χ4v) is 8.28. The third kappa shape index (κ3) is 27.6. The number of amides is 1. The fraction of sp³-hybridized carbons (Fsp3) is 0.848. The summed E-state index contributed by atoms with van der Waals surface area (Å²) in [6.45, 7) is 3.71. The van der Waals surface area contributed by atoms with E-state index in [-0.39, 0.29) is 6.42 Å². The Hall–Kier alpha value is -1.48. The number of aliphatic hydroxyl groups excluding tert-OH is 7. The Morgan fingerprint density at radius 3 is 1.47 bits per heavy atom. The Morgan fingerprint density at radius 1 is 0.583 bits per heavy atom. The summed E-state index contributed by atoms with van der Waals surface area (Å²) in [7, 11) is -5.15. The lowest BCUT2D eigenvalue weighted by Crippen LogP contribution is -2.64. The van der Waals surface area contributed by atoms with Crippen molar-refractivity contribution < 1.29 is 59.0 Å². The average molecular weight is 876 g/mol. The van der Waals surface area contributed by atoms with E-state index < -0.39 is 75.2 Å². The highest BCUT2D eigenvalue weighted by atomic mass is 31.2. The number of rotatable bonds is 38. The van der Waals surface area contributed by atoms with Crippen LogP contribution in [0.25, 0.3) is 0 Å². The van der Waals surface area contributed by atoms with Crippen LogP contribution in [0.15, 0.2) is 36.5 Å². The number of phosphoric ester groups is 1. The molecule has 0 radical (unpaired) electrons. The van der Waals surface area contributed by atoms with Gasteiger partial charge < -0.3 is 46.0 Å². The number of nitrogens with one attached hydrogen (secondary N) is 1. The van der Waals surface area contributed by atoms with Gasteiger partial charge in [-0.1, -0.05) is 159 Å². The largest absolute Gasteiger partial charge is 0.472 e. The SMILES string of the molecule is CCCCCCCC/C=C\CCCCCCCC(O)CC(=O)NC(COP(=O)(O)OC1C(O)C(O)C(O)C(O)C1O)C(O)/C=C/CC/C=C/CCCCCCCCCCC. The number of hydrogen-bond acceptors (Lipinski definition) is 11. The van der Waals surface area contributed by atoms with E-state index >= 15 is 0 Å². The number of phosphoric acid groups is 1. The van der Waals surface area contributed by atoms with Crippen molar-refractivity contribution in [2.45, 2.75) is 242 Å². The third-order valence-electron chi connectivity index (χ3n) is 11.2. The molecule has 0 saturated heterocycles. The molecule has 9 N–H and O–H groups in total. The molecule has 1 aliphatic carbocycles. The molecule has 0 aromatic carbocycles. The number of carbonyl (C=O) groups excluding carboxylic acids is 1. The van der Waals surface area contributed by atoms with Crippen LogP contribution in [-0.4, -0.2) is 108 Å². The quantitative estimate of drug-likeness (QED) is 0.0165. The number of allylic oxidation sites excluding steroid dienone is 5. The van der Waals surface area contributed by atoms with Crippen LogP contribution < -0.4 is 5.32 Å². The summed E-state index contributed by atoms with van der Waals surface area (Å²) in [4.78, 5) is 23.4. The molecule has 0 bridgehead atoms. The first-order chi connectivity index (χ1) is 28.8. The monoisotopic (exact) mass is 876 g/mol. The molecule has 0 heterocycles. The van der Waals surface area contributed by atoms with Gasteiger partial charge in [0, 0.05) is 0 Å². The smallest absolute Gasteiger partial charge is 0.393 e. The van der Waals surface area contributed by atoms with Crippen LogP contribution in [0.4, 0.5) is 0 Å². The predicted octanol–water partition coefficient (Wildman–Crippen LogP) is 7.75. The van der Waals surface area contributed by atoms with Crippen LogP contribution in [0.2, 0.25) is 0 Å². The van der Waals surface area contributed by atoms with Crippen molar-refractivity contribution in [3.8, 4) is 0 Å². The van der Waals surface area contributed by atoms with E-state index in [0.717, 1.165) is 64.2 Å². The van der Waals surface area contributed by atoms with Crippen molar-refractivity contribution in [2.24, 2.45) is 0 Å². The van der Waals surface area contributed by atoms with Gasteiger partial charge in [0.25, 0.3) is 0 Å². The minimum absolute atomic E-state index is 0.258. The van der Waals surface area contributed by atoms with Gasteiger partial charge in [0.05, 0.1) is 31.3 Å². The Kier molecular flexibility index (Phi) is 33.8. The molecule has 1 saturated carbocycles. The molecular weight excluding hydrogens is 789 g/mol. The summed E-state index contributed by atoms with van der Waals surface area (Å²) < 4.78 is 22.8. The van der Waals surface area contributed by atoms with Gasteiger partial charge in [0.1, 0.15) is 36.6 Å². The summed E-state index contributed by atoms with van der Waals surface area (Å²) in [5.74, 6) is -0.609. The Labute approximate surface area is 362 Å². The standard InChI is InChI=1S/C46H86NO12P/c1-3-5-7-9-11-13-15-17-19-21-23-25-27-29-31-33-37(48)35-40(50)47-38(36-58-60(56,57)59-46-44(54)42(52)41(51)43(53)45(46)55)39(49)34-32-30-28-26-24-22-20-18-16-14-12-10-8-6-4-2/h17,19,24,26,32,34,37-39,41-46,48-49,51-55H,3-16,18,20-23,25,27-31,33,35-36H2,1-2H3,(H,47,50)(H,56,57)/b19-17-,26-24+,34-32+. The van der Waals surface area contributed by atoms with E-state index in [1.807, 2.05) is 0 Å². The first kappa shape index (κ1) is 56.5. The minimum atomic E-state index is -5.15. The molecule has 1 amide bonds. The number of aliphatic hydroxyl groups is 7. The van der Waals surface area contributed by atoms with Crippen LogP contribution in [0.5, 0.6) is 0 Å². The molecule has 1 aliphatic rings. The van der Waals surface area contributed by atoms with E-state index in [1.165, 1.54) is 96.0 Å². The Balaban J connectivity index is 2.58. The number of hydrogen-bond donors (Lipinski definition) is 9. The van der Waals surface area contributed by atoms with Crippen molar-refractivity contribution in [3.63, 3.8) is 0 Å². The normalized spacial score (nSPS) is 23.7. The lowest BCUT2D eigenvalue weighted by molar-refractivity contribution is -0.220. The number of carbonyl (C=O) groups is 1. The molecule has 352 valence electrons. The van der Waals surface area contributed by atoms with Gasteiger partial charge in [-0.3, -0.25) is 13.8 Å². The van der Waals surface area contributed by atoms with Crippen molar-refractivity contribution in [1.29, 1.82) is 0 Å². The lowest BCUT2D eigenvalue weighted by Gasteiger charge is -2.41. The van der Waals surface area contributed by atoms with E-state index in [1.54, 1.807) is 6.08 Å².